The average Bonchev–Trinajstić information content (AvgIpc) is 2.86. The van der Waals surface area contributed by atoms with E-state index in [2.05, 4.69) is 16.0 Å². The number of benzene rings is 2. The minimum atomic E-state index is -0.984. The van der Waals surface area contributed by atoms with Gasteiger partial charge in [-0.1, -0.05) is 6.07 Å². The van der Waals surface area contributed by atoms with Crippen LogP contribution < -0.4 is 20.7 Å². The number of ether oxygens (including phenoxy) is 1. The second kappa shape index (κ2) is 11.3. The minimum Gasteiger partial charge on any atom is -0.507 e. The Morgan fingerprint density at radius 3 is 2.36 bits per heavy atom. The number of rotatable bonds is 9. The molecule has 1 unspecified atom stereocenters. The van der Waals surface area contributed by atoms with Gasteiger partial charge in [-0.05, 0) is 74.6 Å². The normalized spacial score (nSPS) is 16.9. The Morgan fingerprint density at radius 1 is 0.972 bits per heavy atom. The molecule has 0 saturated carbocycles. The van der Waals surface area contributed by atoms with E-state index >= 15 is 0 Å². The summed E-state index contributed by atoms with van der Waals surface area (Å²) in [5, 5.41) is 37.9. The maximum absolute atomic E-state index is 12.9. The molecule has 9 nitrogen and oxygen atoms in total. The van der Waals surface area contributed by atoms with E-state index in [9.17, 15) is 24.9 Å². The van der Waals surface area contributed by atoms with E-state index in [1.807, 2.05) is 20.8 Å². The van der Waals surface area contributed by atoms with Gasteiger partial charge in [-0.2, -0.15) is 0 Å². The summed E-state index contributed by atoms with van der Waals surface area (Å²) in [6, 6.07) is 4.30. The number of phenolic OH excluding ortho intramolecular Hbond substituents is 3. The molecule has 0 radical (unpaired) electrons. The predicted octanol–water partition coefficient (Wildman–Crippen LogP) is 2.35. The first-order chi connectivity index (χ1) is 17.0. The van der Waals surface area contributed by atoms with Crippen LogP contribution in [0.4, 0.5) is 0 Å². The molecule has 0 aliphatic carbocycles. The number of nitrogens with one attached hydrogen (secondary N) is 3. The molecule has 2 amide bonds. The quantitative estimate of drug-likeness (QED) is 0.178. The summed E-state index contributed by atoms with van der Waals surface area (Å²) < 4.78 is 6.19. The standard InChI is InChI=1S/C27H35N3O6/c1-16-17(2)25-20(18(3)24(16)34)9-10-27(4,36-25)26(35)30-14-12-28-11-13-29-23(33)8-6-19-5-7-21(31)22(32)15-19/h5-8,15,28,31-32,34H,9-14H2,1-4H3,(H,29,33)(H,30,35)/b8-6+. The zero-order valence-electron chi connectivity index (χ0n) is 21.2. The van der Waals surface area contributed by atoms with Crippen LogP contribution in [0.1, 0.15) is 41.2 Å². The van der Waals surface area contributed by atoms with Crippen molar-refractivity contribution in [1.29, 1.82) is 0 Å². The lowest BCUT2D eigenvalue weighted by Crippen LogP contribution is -2.52. The lowest BCUT2D eigenvalue weighted by molar-refractivity contribution is -0.136. The summed E-state index contributed by atoms with van der Waals surface area (Å²) in [4.78, 5) is 24.8. The van der Waals surface area contributed by atoms with Crippen LogP contribution in [0.3, 0.4) is 0 Å². The maximum Gasteiger partial charge on any atom is 0.263 e. The van der Waals surface area contributed by atoms with Gasteiger partial charge in [-0.15, -0.1) is 0 Å². The van der Waals surface area contributed by atoms with Gasteiger partial charge in [0.25, 0.3) is 5.91 Å². The van der Waals surface area contributed by atoms with Crippen molar-refractivity contribution in [1.82, 2.24) is 16.0 Å². The molecule has 2 aromatic rings. The van der Waals surface area contributed by atoms with Crippen LogP contribution in [-0.4, -0.2) is 58.9 Å². The van der Waals surface area contributed by atoms with Gasteiger partial charge in [0.2, 0.25) is 5.91 Å². The number of carbonyl (C=O) groups excluding carboxylic acids is 2. The molecule has 9 heteroatoms. The predicted molar refractivity (Wildman–Crippen MR) is 137 cm³/mol. The highest BCUT2D eigenvalue weighted by Gasteiger charge is 2.40. The fraction of sp³-hybridized carbons (Fsp3) is 0.407. The number of amides is 2. The molecule has 3 rings (SSSR count). The highest BCUT2D eigenvalue weighted by atomic mass is 16.5. The molecule has 0 spiro atoms. The maximum atomic E-state index is 12.9. The summed E-state index contributed by atoms with van der Waals surface area (Å²) in [7, 11) is 0. The zero-order chi connectivity index (χ0) is 26.5. The third-order valence-electron chi connectivity index (χ3n) is 6.61. The Balaban J connectivity index is 1.37. The first-order valence-corrected chi connectivity index (χ1v) is 12.0. The summed E-state index contributed by atoms with van der Waals surface area (Å²) in [6.07, 6.45) is 4.06. The summed E-state index contributed by atoms with van der Waals surface area (Å²) in [5.74, 6) is 0.0516. The van der Waals surface area contributed by atoms with E-state index < -0.39 is 5.60 Å². The smallest absolute Gasteiger partial charge is 0.263 e. The van der Waals surface area contributed by atoms with Crippen LogP contribution in [0.25, 0.3) is 6.08 Å². The van der Waals surface area contributed by atoms with Gasteiger partial charge >= 0.3 is 0 Å². The molecule has 1 aliphatic rings. The average molecular weight is 498 g/mol. The van der Waals surface area contributed by atoms with E-state index in [1.54, 1.807) is 13.0 Å². The molecular weight excluding hydrogens is 462 g/mol. The van der Waals surface area contributed by atoms with Crippen LogP contribution in [0.15, 0.2) is 24.3 Å². The highest BCUT2D eigenvalue weighted by Crippen LogP contribution is 2.43. The number of fused-ring (bicyclic) bond motifs is 1. The second-order valence-electron chi connectivity index (χ2n) is 9.24. The number of hydrogen-bond acceptors (Lipinski definition) is 7. The summed E-state index contributed by atoms with van der Waals surface area (Å²) in [6.45, 7) is 9.28. The molecule has 0 aromatic heterocycles. The molecule has 2 aromatic carbocycles. The molecular formula is C27H35N3O6. The number of phenols is 3. The molecule has 0 fully saturated rings. The molecule has 0 saturated heterocycles. The van der Waals surface area contributed by atoms with Crippen LogP contribution in [0.5, 0.6) is 23.0 Å². The van der Waals surface area contributed by atoms with Crippen molar-refractivity contribution in [3.8, 4) is 23.0 Å². The van der Waals surface area contributed by atoms with Crippen molar-refractivity contribution in [3.63, 3.8) is 0 Å². The van der Waals surface area contributed by atoms with E-state index in [4.69, 9.17) is 4.74 Å². The van der Waals surface area contributed by atoms with Gasteiger partial charge in [0.05, 0.1) is 0 Å². The molecule has 1 atom stereocenters. The number of hydrogen-bond donors (Lipinski definition) is 6. The van der Waals surface area contributed by atoms with E-state index in [0.717, 1.165) is 22.3 Å². The van der Waals surface area contributed by atoms with Gasteiger partial charge in [-0.3, -0.25) is 9.59 Å². The third-order valence-corrected chi connectivity index (χ3v) is 6.61. The molecule has 0 bridgehead atoms. The second-order valence-corrected chi connectivity index (χ2v) is 9.24. The molecule has 36 heavy (non-hydrogen) atoms. The highest BCUT2D eigenvalue weighted by molar-refractivity contribution is 5.91. The largest absolute Gasteiger partial charge is 0.507 e. The Labute approximate surface area is 211 Å². The van der Waals surface area contributed by atoms with Crippen molar-refractivity contribution in [2.75, 3.05) is 26.2 Å². The summed E-state index contributed by atoms with van der Waals surface area (Å²) in [5.41, 5.74) is 2.99. The van der Waals surface area contributed by atoms with Crippen LogP contribution >= 0.6 is 0 Å². The Morgan fingerprint density at radius 2 is 1.67 bits per heavy atom. The van der Waals surface area contributed by atoms with Crippen molar-refractivity contribution < 1.29 is 29.6 Å². The Bertz CT molecular complexity index is 1180. The molecule has 194 valence electrons. The SMILES string of the molecule is Cc1c(C)c2c(c(C)c1O)CCC(C)(C(=O)NCCNCCNC(=O)/C=C/c1ccc(O)c(O)c1)O2. The van der Waals surface area contributed by atoms with E-state index in [-0.39, 0.29) is 23.3 Å². The fourth-order valence-electron chi connectivity index (χ4n) is 4.13. The van der Waals surface area contributed by atoms with Gasteiger partial charge in [0.15, 0.2) is 17.1 Å². The van der Waals surface area contributed by atoms with Crippen LogP contribution in [-0.2, 0) is 16.0 Å². The fourth-order valence-corrected chi connectivity index (χ4v) is 4.13. The third kappa shape index (κ3) is 6.09. The zero-order valence-corrected chi connectivity index (χ0v) is 21.2. The van der Waals surface area contributed by atoms with Gasteiger partial charge in [-0.25, -0.2) is 0 Å². The summed E-state index contributed by atoms with van der Waals surface area (Å²) >= 11 is 0. The van der Waals surface area contributed by atoms with Crippen molar-refractivity contribution in [3.05, 3.63) is 52.1 Å². The Kier molecular flexibility index (Phi) is 8.47. The monoisotopic (exact) mass is 497 g/mol. The Hall–Kier alpha value is -3.72. The van der Waals surface area contributed by atoms with E-state index in [1.165, 1.54) is 24.3 Å². The lowest BCUT2D eigenvalue weighted by atomic mass is 9.86. The minimum absolute atomic E-state index is 0.184. The first-order valence-electron chi connectivity index (χ1n) is 12.0. The van der Waals surface area contributed by atoms with Gasteiger partial charge in [0, 0.05) is 44.2 Å². The molecule has 6 N–H and O–H groups in total. The molecule has 1 heterocycles. The van der Waals surface area contributed by atoms with Gasteiger partial charge < -0.3 is 36.0 Å². The molecule has 1 aliphatic heterocycles. The lowest BCUT2D eigenvalue weighted by Gasteiger charge is -2.36. The number of carbonyl (C=O) groups is 2. The van der Waals surface area contributed by atoms with Crippen LogP contribution in [0.2, 0.25) is 0 Å². The van der Waals surface area contributed by atoms with Crippen molar-refractivity contribution >= 4 is 17.9 Å². The van der Waals surface area contributed by atoms with E-state index in [0.29, 0.717) is 56.1 Å². The van der Waals surface area contributed by atoms with Crippen LogP contribution in [0, 0.1) is 20.8 Å². The number of aromatic hydroxyl groups is 3. The van der Waals surface area contributed by atoms with Crippen molar-refractivity contribution in [2.24, 2.45) is 0 Å². The van der Waals surface area contributed by atoms with Gasteiger partial charge in [0.1, 0.15) is 11.5 Å². The topological polar surface area (TPSA) is 140 Å². The first kappa shape index (κ1) is 26.9. The van der Waals surface area contributed by atoms with Crippen molar-refractivity contribution in [2.45, 2.75) is 46.1 Å².